The summed E-state index contributed by atoms with van der Waals surface area (Å²) in [5.41, 5.74) is 4.38. The minimum absolute atomic E-state index is 0.0617. The van der Waals surface area contributed by atoms with E-state index in [4.69, 9.17) is 0 Å². The maximum Gasteiger partial charge on any atom is 0.255 e. The van der Waals surface area contributed by atoms with Gasteiger partial charge in [-0.2, -0.15) is 0 Å². The number of amides is 1. The van der Waals surface area contributed by atoms with Crippen LogP contribution in [-0.4, -0.2) is 39.4 Å². The van der Waals surface area contributed by atoms with Gasteiger partial charge in [-0.15, -0.1) is 0 Å². The SMILES string of the molecule is Cc1nc2c(O)c(C/C=C/c3ccccc3)c(C(=O)N(C)C)cn2c1C. The molecule has 0 aliphatic carbocycles. The van der Waals surface area contributed by atoms with E-state index in [1.807, 2.05) is 56.3 Å². The molecule has 0 aliphatic heterocycles. The van der Waals surface area contributed by atoms with Crippen LogP contribution in [0.15, 0.2) is 42.6 Å². The first kappa shape index (κ1) is 17.7. The van der Waals surface area contributed by atoms with Gasteiger partial charge in [0.05, 0.1) is 11.3 Å². The molecule has 5 nitrogen and oxygen atoms in total. The molecule has 0 atom stereocenters. The predicted molar refractivity (Wildman–Crippen MR) is 104 cm³/mol. The van der Waals surface area contributed by atoms with E-state index in [1.165, 1.54) is 4.90 Å². The standard InChI is InChI=1S/C21H23N3O2/c1-14-15(2)24-13-18(21(26)23(3)4)17(19(25)20(24)22-14)12-8-11-16-9-6-5-7-10-16/h5-11,13,25H,12H2,1-4H3/b11-8+. The van der Waals surface area contributed by atoms with E-state index in [9.17, 15) is 9.90 Å². The quantitative estimate of drug-likeness (QED) is 0.783. The molecule has 2 heterocycles. The zero-order chi connectivity index (χ0) is 18.8. The van der Waals surface area contributed by atoms with Crippen molar-refractivity contribution in [2.24, 2.45) is 0 Å². The Labute approximate surface area is 153 Å². The Morgan fingerprint density at radius 3 is 2.58 bits per heavy atom. The summed E-state index contributed by atoms with van der Waals surface area (Å²) in [5.74, 6) is -0.0809. The molecule has 1 N–H and O–H groups in total. The fraction of sp³-hybridized carbons (Fsp3) is 0.238. The minimum atomic E-state index is -0.143. The number of pyridine rings is 1. The van der Waals surface area contributed by atoms with E-state index in [0.717, 1.165) is 17.0 Å². The Morgan fingerprint density at radius 1 is 1.23 bits per heavy atom. The van der Waals surface area contributed by atoms with Crippen LogP contribution in [0.4, 0.5) is 0 Å². The van der Waals surface area contributed by atoms with Crippen molar-refractivity contribution < 1.29 is 9.90 Å². The van der Waals surface area contributed by atoms with Crippen LogP contribution in [0.5, 0.6) is 5.75 Å². The summed E-state index contributed by atoms with van der Waals surface area (Å²) in [6.45, 7) is 3.82. The van der Waals surface area contributed by atoms with Crippen LogP contribution in [0.1, 0.15) is 32.9 Å². The molecule has 3 aromatic rings. The number of imidazole rings is 1. The van der Waals surface area contributed by atoms with E-state index in [2.05, 4.69) is 4.98 Å². The molecular formula is C21H23N3O2. The molecule has 0 saturated heterocycles. The maximum atomic E-state index is 12.7. The van der Waals surface area contributed by atoms with E-state index < -0.39 is 0 Å². The number of carbonyl (C=O) groups is 1. The van der Waals surface area contributed by atoms with Crippen molar-refractivity contribution in [1.82, 2.24) is 14.3 Å². The van der Waals surface area contributed by atoms with E-state index in [1.54, 1.807) is 24.7 Å². The van der Waals surface area contributed by atoms with Gasteiger partial charge in [0.1, 0.15) is 0 Å². The van der Waals surface area contributed by atoms with Crippen LogP contribution >= 0.6 is 0 Å². The fourth-order valence-electron chi connectivity index (χ4n) is 2.93. The largest absolute Gasteiger partial charge is 0.504 e. The maximum absolute atomic E-state index is 12.7. The van der Waals surface area contributed by atoms with Gasteiger partial charge in [0.25, 0.3) is 5.91 Å². The van der Waals surface area contributed by atoms with Gasteiger partial charge in [-0.1, -0.05) is 42.5 Å². The molecule has 1 amide bonds. The predicted octanol–water partition coefficient (Wildman–Crippen LogP) is 3.61. The highest BCUT2D eigenvalue weighted by Gasteiger charge is 2.21. The van der Waals surface area contributed by atoms with Crippen molar-refractivity contribution in [3.8, 4) is 5.75 Å². The number of hydrogen-bond donors (Lipinski definition) is 1. The summed E-state index contributed by atoms with van der Waals surface area (Å²) in [6.07, 6.45) is 6.15. The Kier molecular flexibility index (Phi) is 4.80. The van der Waals surface area contributed by atoms with E-state index >= 15 is 0 Å². The van der Waals surface area contributed by atoms with Gasteiger partial charge in [0, 0.05) is 31.5 Å². The Bertz CT molecular complexity index is 986. The zero-order valence-corrected chi connectivity index (χ0v) is 15.5. The highest BCUT2D eigenvalue weighted by Crippen LogP contribution is 2.30. The highest BCUT2D eigenvalue weighted by atomic mass is 16.3. The third kappa shape index (κ3) is 3.20. The van der Waals surface area contributed by atoms with E-state index in [-0.39, 0.29) is 11.7 Å². The number of hydrogen-bond acceptors (Lipinski definition) is 3. The molecule has 2 aromatic heterocycles. The summed E-state index contributed by atoms with van der Waals surface area (Å²) in [7, 11) is 3.42. The van der Waals surface area contributed by atoms with Gasteiger partial charge in [-0.25, -0.2) is 4.98 Å². The number of fused-ring (bicyclic) bond motifs is 1. The molecule has 1 aromatic carbocycles. The second-order valence-corrected chi connectivity index (χ2v) is 6.56. The van der Waals surface area contributed by atoms with Crippen LogP contribution in [0.3, 0.4) is 0 Å². The summed E-state index contributed by atoms with van der Waals surface area (Å²) in [6, 6.07) is 9.92. The van der Waals surface area contributed by atoms with Crippen LogP contribution in [0, 0.1) is 13.8 Å². The van der Waals surface area contributed by atoms with Gasteiger partial charge in [-0.3, -0.25) is 4.79 Å². The average Bonchev–Trinajstić information content (AvgIpc) is 2.92. The van der Waals surface area contributed by atoms with Crippen molar-refractivity contribution in [3.05, 3.63) is 70.7 Å². The minimum Gasteiger partial charge on any atom is -0.504 e. The van der Waals surface area contributed by atoms with Crippen molar-refractivity contribution >= 4 is 17.6 Å². The van der Waals surface area contributed by atoms with Gasteiger partial charge in [0.15, 0.2) is 11.4 Å². The summed E-state index contributed by atoms with van der Waals surface area (Å²) >= 11 is 0. The molecule has 0 aliphatic rings. The van der Waals surface area contributed by atoms with Crippen LogP contribution in [0.2, 0.25) is 0 Å². The monoisotopic (exact) mass is 349 g/mol. The average molecular weight is 349 g/mol. The number of aromatic nitrogens is 2. The second-order valence-electron chi connectivity index (χ2n) is 6.56. The Hall–Kier alpha value is -3.08. The molecular weight excluding hydrogens is 326 g/mol. The zero-order valence-electron chi connectivity index (χ0n) is 15.5. The lowest BCUT2D eigenvalue weighted by molar-refractivity contribution is 0.0825. The molecule has 0 fully saturated rings. The Balaban J connectivity index is 2.09. The van der Waals surface area contributed by atoms with Crippen LogP contribution in [-0.2, 0) is 6.42 Å². The number of allylic oxidation sites excluding steroid dienone is 1. The second kappa shape index (κ2) is 7.04. The molecule has 0 saturated carbocycles. The molecule has 134 valence electrons. The fourth-order valence-corrected chi connectivity index (χ4v) is 2.93. The topological polar surface area (TPSA) is 57.8 Å². The van der Waals surface area contributed by atoms with Gasteiger partial charge < -0.3 is 14.4 Å². The molecule has 3 rings (SSSR count). The lowest BCUT2D eigenvalue weighted by Gasteiger charge is -2.16. The molecule has 0 bridgehead atoms. The first-order chi connectivity index (χ1) is 12.4. The van der Waals surface area contributed by atoms with Crippen molar-refractivity contribution in [3.63, 3.8) is 0 Å². The summed E-state index contributed by atoms with van der Waals surface area (Å²) in [5, 5.41) is 10.8. The first-order valence-electron chi connectivity index (χ1n) is 8.53. The third-order valence-corrected chi connectivity index (χ3v) is 4.54. The molecule has 0 unspecified atom stereocenters. The number of benzene rings is 1. The van der Waals surface area contributed by atoms with Gasteiger partial charge in [0.2, 0.25) is 0 Å². The number of nitrogens with zero attached hydrogens (tertiary/aromatic N) is 3. The number of aromatic hydroxyl groups is 1. The molecule has 5 heteroatoms. The van der Waals surface area contributed by atoms with Crippen LogP contribution < -0.4 is 0 Å². The van der Waals surface area contributed by atoms with Gasteiger partial charge in [-0.05, 0) is 25.8 Å². The summed E-state index contributed by atoms with van der Waals surface area (Å²) in [4.78, 5) is 18.6. The normalized spacial score (nSPS) is 11.4. The Morgan fingerprint density at radius 2 is 1.92 bits per heavy atom. The lowest BCUT2D eigenvalue weighted by Crippen LogP contribution is -2.23. The molecule has 26 heavy (non-hydrogen) atoms. The van der Waals surface area contributed by atoms with Gasteiger partial charge >= 0.3 is 0 Å². The number of aryl methyl sites for hydroxylation is 2. The first-order valence-corrected chi connectivity index (χ1v) is 8.53. The highest BCUT2D eigenvalue weighted by molar-refractivity contribution is 5.96. The van der Waals surface area contributed by atoms with Crippen molar-refractivity contribution in [1.29, 1.82) is 0 Å². The third-order valence-electron chi connectivity index (χ3n) is 4.54. The molecule has 0 spiro atoms. The number of carbonyl (C=O) groups excluding carboxylic acids is 1. The lowest BCUT2D eigenvalue weighted by atomic mass is 10.0. The van der Waals surface area contributed by atoms with Crippen molar-refractivity contribution in [2.75, 3.05) is 14.1 Å². The van der Waals surface area contributed by atoms with Crippen molar-refractivity contribution in [2.45, 2.75) is 20.3 Å². The smallest absolute Gasteiger partial charge is 0.255 e. The number of rotatable bonds is 4. The van der Waals surface area contributed by atoms with E-state index in [0.29, 0.717) is 23.2 Å². The van der Waals surface area contributed by atoms with Crippen LogP contribution in [0.25, 0.3) is 11.7 Å². The molecule has 0 radical (unpaired) electrons. The summed E-state index contributed by atoms with van der Waals surface area (Å²) < 4.78 is 1.78.